The number of fused-ring (bicyclic) bond motifs is 1. The summed E-state index contributed by atoms with van der Waals surface area (Å²) in [6.45, 7) is 1.27. The van der Waals surface area contributed by atoms with Crippen LogP contribution >= 0.6 is 0 Å². The van der Waals surface area contributed by atoms with Gasteiger partial charge in [-0.2, -0.15) is 0 Å². The fourth-order valence-electron chi connectivity index (χ4n) is 3.99. The minimum atomic E-state index is -1.42. The lowest BCUT2D eigenvalue weighted by atomic mass is 10.1. The summed E-state index contributed by atoms with van der Waals surface area (Å²) in [6, 6.07) is 8.32. The van der Waals surface area contributed by atoms with E-state index in [9.17, 15) is 19.8 Å². The monoisotopic (exact) mass is 470 g/mol. The van der Waals surface area contributed by atoms with Crippen LogP contribution in [0.25, 0.3) is 11.0 Å². The van der Waals surface area contributed by atoms with Gasteiger partial charge in [-0.15, -0.1) is 0 Å². The maximum absolute atomic E-state index is 12.3. The van der Waals surface area contributed by atoms with Crippen molar-refractivity contribution in [2.45, 2.75) is 43.9 Å². The van der Waals surface area contributed by atoms with Crippen molar-refractivity contribution >= 4 is 28.7 Å². The molecule has 5 atom stereocenters. The predicted octanol–water partition coefficient (Wildman–Crippen LogP) is -0.847. The number of ether oxygens (including phenoxy) is 2. The molecule has 4 rings (SSSR count). The number of aliphatic hydroxyl groups is 2. The number of amides is 1. The lowest BCUT2D eigenvalue weighted by Crippen LogP contribution is -2.38. The van der Waals surface area contributed by atoms with E-state index in [0.717, 1.165) is 5.56 Å². The van der Waals surface area contributed by atoms with Gasteiger partial charge in [0.1, 0.15) is 48.3 Å². The third-order valence-corrected chi connectivity index (χ3v) is 5.68. The highest BCUT2D eigenvalue weighted by molar-refractivity contribution is 6.08. The molecule has 34 heavy (non-hydrogen) atoms. The average molecular weight is 470 g/mol. The predicted molar refractivity (Wildman–Crippen MR) is 120 cm³/mol. The molecule has 8 N–H and O–H groups in total. The van der Waals surface area contributed by atoms with Gasteiger partial charge in [0.2, 0.25) is 0 Å². The lowest BCUT2D eigenvalue weighted by molar-refractivity contribution is -0.151. The van der Waals surface area contributed by atoms with Gasteiger partial charge < -0.3 is 41.5 Å². The van der Waals surface area contributed by atoms with Gasteiger partial charge in [0.25, 0.3) is 5.91 Å². The molecular formula is C22H26N6O6. The highest BCUT2D eigenvalue weighted by Gasteiger charge is 2.45. The first kappa shape index (κ1) is 23.6. The molecule has 1 aliphatic heterocycles. The number of nitrogens with two attached hydrogens (primary N) is 3. The topological polar surface area (TPSA) is 202 Å². The number of nitrogen functional groups attached to an aromatic ring is 1. The number of esters is 1. The molecule has 180 valence electrons. The molecule has 0 bridgehead atoms. The summed E-state index contributed by atoms with van der Waals surface area (Å²) in [5.41, 5.74) is 18.5. The molecule has 4 unspecified atom stereocenters. The van der Waals surface area contributed by atoms with Gasteiger partial charge >= 0.3 is 5.97 Å². The number of primary amides is 1. The first-order valence-corrected chi connectivity index (χ1v) is 10.6. The molecule has 3 aromatic rings. The largest absolute Gasteiger partial charge is 0.462 e. The Balaban J connectivity index is 1.50. The van der Waals surface area contributed by atoms with Crippen LogP contribution in [0.2, 0.25) is 0 Å². The number of aromatic nitrogens is 3. The normalized spacial score (nSPS) is 23.2. The zero-order valence-corrected chi connectivity index (χ0v) is 18.4. The summed E-state index contributed by atoms with van der Waals surface area (Å²) < 4.78 is 12.4. The van der Waals surface area contributed by atoms with E-state index in [1.54, 1.807) is 6.92 Å². The van der Waals surface area contributed by atoms with Crippen molar-refractivity contribution in [1.29, 1.82) is 0 Å². The second-order valence-electron chi connectivity index (χ2n) is 8.14. The smallest absolute Gasteiger partial charge is 0.323 e. The van der Waals surface area contributed by atoms with E-state index in [4.69, 9.17) is 26.7 Å². The number of anilines is 1. The molecule has 1 aromatic carbocycles. The maximum atomic E-state index is 12.3. The number of aliphatic hydroxyl groups excluding tert-OH is 2. The Morgan fingerprint density at radius 3 is 2.59 bits per heavy atom. The number of carbonyl (C=O) groups is 2. The van der Waals surface area contributed by atoms with Crippen LogP contribution in [-0.4, -0.2) is 67.6 Å². The van der Waals surface area contributed by atoms with Crippen molar-refractivity contribution < 1.29 is 29.3 Å². The van der Waals surface area contributed by atoms with Crippen LogP contribution in [0, 0.1) is 6.92 Å². The molecule has 0 aliphatic carbocycles. The van der Waals surface area contributed by atoms with Crippen molar-refractivity contribution in [2.75, 3.05) is 12.3 Å². The van der Waals surface area contributed by atoms with Gasteiger partial charge in [-0.1, -0.05) is 30.3 Å². The molecular weight excluding hydrogens is 444 g/mol. The van der Waals surface area contributed by atoms with E-state index >= 15 is 0 Å². The second kappa shape index (κ2) is 9.35. The Morgan fingerprint density at radius 1 is 1.21 bits per heavy atom. The van der Waals surface area contributed by atoms with Gasteiger partial charge in [0, 0.05) is 6.20 Å². The van der Waals surface area contributed by atoms with Gasteiger partial charge in [-0.05, 0) is 18.9 Å². The van der Waals surface area contributed by atoms with Crippen LogP contribution in [0.3, 0.4) is 0 Å². The van der Waals surface area contributed by atoms with Crippen LogP contribution < -0.4 is 17.2 Å². The molecule has 12 heteroatoms. The molecule has 0 radical (unpaired) electrons. The summed E-state index contributed by atoms with van der Waals surface area (Å²) in [5.74, 6) is -1.07. The first-order valence-electron chi connectivity index (χ1n) is 10.6. The highest BCUT2D eigenvalue weighted by Crippen LogP contribution is 2.35. The number of rotatable bonds is 7. The van der Waals surface area contributed by atoms with Crippen molar-refractivity contribution in [2.24, 2.45) is 11.5 Å². The Hall–Kier alpha value is -3.58. The Kier molecular flexibility index (Phi) is 6.48. The second-order valence-corrected chi connectivity index (χ2v) is 8.14. The quantitative estimate of drug-likeness (QED) is 0.271. The Bertz CT molecular complexity index is 1220. The molecule has 0 saturated carbocycles. The van der Waals surface area contributed by atoms with Gasteiger partial charge in [-0.3, -0.25) is 9.59 Å². The summed E-state index contributed by atoms with van der Waals surface area (Å²) >= 11 is 0. The number of carbonyl (C=O) groups excluding carboxylic acids is 2. The van der Waals surface area contributed by atoms with Gasteiger partial charge in [0.05, 0.1) is 10.9 Å². The molecule has 1 aliphatic rings. The van der Waals surface area contributed by atoms with Crippen molar-refractivity contribution in [3.05, 3.63) is 53.5 Å². The zero-order valence-electron chi connectivity index (χ0n) is 18.4. The van der Waals surface area contributed by atoms with Crippen molar-refractivity contribution in [3.8, 4) is 0 Å². The third kappa shape index (κ3) is 4.43. The first-order chi connectivity index (χ1) is 16.2. The van der Waals surface area contributed by atoms with Crippen LogP contribution in [0.1, 0.15) is 28.0 Å². The van der Waals surface area contributed by atoms with E-state index in [-0.39, 0.29) is 35.4 Å². The lowest BCUT2D eigenvalue weighted by Gasteiger charge is -2.18. The van der Waals surface area contributed by atoms with Crippen LogP contribution in [0.15, 0.2) is 36.5 Å². The fraction of sp³-hybridized carbons (Fsp3) is 0.364. The Labute approximate surface area is 194 Å². The average Bonchev–Trinajstić information content (AvgIpc) is 3.31. The summed E-state index contributed by atoms with van der Waals surface area (Å²) in [4.78, 5) is 32.6. The molecule has 1 saturated heterocycles. The maximum Gasteiger partial charge on any atom is 0.323 e. The third-order valence-electron chi connectivity index (χ3n) is 5.68. The molecule has 1 fully saturated rings. The van der Waals surface area contributed by atoms with Gasteiger partial charge in [-0.25, -0.2) is 9.97 Å². The SMILES string of the molecule is Cc1nc(N)c2c(C(N)=O)cn(C3OC(COC(=O)[C@@H](N)Cc4ccccc4)C(O)C3O)c2n1. The molecule has 0 spiro atoms. The number of hydrogen-bond donors (Lipinski definition) is 5. The van der Waals surface area contributed by atoms with E-state index in [1.807, 2.05) is 30.3 Å². The van der Waals surface area contributed by atoms with E-state index in [2.05, 4.69) is 9.97 Å². The van der Waals surface area contributed by atoms with Gasteiger partial charge in [0.15, 0.2) is 6.23 Å². The fourth-order valence-corrected chi connectivity index (χ4v) is 3.99. The minimum absolute atomic E-state index is 0.0413. The molecule has 12 nitrogen and oxygen atoms in total. The number of hydrogen-bond acceptors (Lipinski definition) is 10. The molecule has 3 heterocycles. The molecule has 1 amide bonds. The molecule has 2 aromatic heterocycles. The summed E-state index contributed by atoms with van der Waals surface area (Å²) in [7, 11) is 0. The minimum Gasteiger partial charge on any atom is -0.462 e. The van der Waals surface area contributed by atoms with Crippen molar-refractivity contribution in [1.82, 2.24) is 14.5 Å². The van der Waals surface area contributed by atoms with E-state index < -0.39 is 42.5 Å². The summed E-state index contributed by atoms with van der Waals surface area (Å²) in [6.07, 6.45) is -3.40. The number of benzene rings is 1. The zero-order chi connectivity index (χ0) is 24.6. The summed E-state index contributed by atoms with van der Waals surface area (Å²) in [5, 5.41) is 21.4. The van der Waals surface area contributed by atoms with Crippen LogP contribution in [0.5, 0.6) is 0 Å². The van der Waals surface area contributed by atoms with E-state index in [0.29, 0.717) is 5.82 Å². The number of aryl methyl sites for hydroxylation is 1. The number of nitrogens with zero attached hydrogens (tertiary/aromatic N) is 3. The Morgan fingerprint density at radius 2 is 1.91 bits per heavy atom. The van der Waals surface area contributed by atoms with Crippen molar-refractivity contribution in [3.63, 3.8) is 0 Å². The van der Waals surface area contributed by atoms with Crippen LogP contribution in [-0.2, 0) is 20.7 Å². The standard InChI is InChI=1S/C22H26N6O6/c1-10-26-18(24)15-12(19(25)31)8-28(20(15)27-10)21-17(30)16(29)14(34-21)9-33-22(32)13(23)7-11-5-3-2-4-6-11/h2-6,8,13-14,16-17,21,29-30H,7,9,23H2,1H3,(H2,25,31)(H2,24,26,27)/t13-,14?,16?,17?,21?/m0/s1. The highest BCUT2D eigenvalue weighted by atomic mass is 16.6. The van der Waals surface area contributed by atoms with E-state index in [1.165, 1.54) is 10.8 Å². The van der Waals surface area contributed by atoms with Crippen LogP contribution in [0.4, 0.5) is 5.82 Å².